The lowest BCUT2D eigenvalue weighted by molar-refractivity contribution is -0.117. The maximum Gasteiger partial charge on any atom is 0.238 e. The van der Waals surface area contributed by atoms with Gasteiger partial charge in [0.15, 0.2) is 0 Å². The molecule has 1 amide bonds. The average molecular weight is 308 g/mol. The minimum atomic E-state index is 0.0213. The number of nitrogens with zero attached hydrogens (tertiary/aromatic N) is 1. The number of rotatable bonds is 6. The lowest BCUT2D eigenvalue weighted by Crippen LogP contribution is -2.42. The highest BCUT2D eigenvalue weighted by Gasteiger charge is 2.32. The second kappa shape index (κ2) is 6.77. The maximum atomic E-state index is 12.2. The van der Waals surface area contributed by atoms with E-state index in [-0.39, 0.29) is 5.91 Å². The van der Waals surface area contributed by atoms with Gasteiger partial charge in [-0.3, -0.25) is 9.69 Å². The van der Waals surface area contributed by atoms with E-state index in [2.05, 4.69) is 15.5 Å². The average Bonchev–Trinajstić information content (AvgIpc) is 3.19. The molecular weight excluding hydrogens is 286 g/mol. The van der Waals surface area contributed by atoms with Crippen molar-refractivity contribution >= 4 is 23.2 Å². The van der Waals surface area contributed by atoms with Gasteiger partial charge in [-0.15, -0.1) is 0 Å². The molecule has 1 aliphatic heterocycles. The number of halogens is 1. The SMILES string of the molecule is O=C(CN(CC1CCCN1)C1CC1)Nc1ccccc1Cl. The third-order valence-electron chi connectivity index (χ3n) is 4.18. The first kappa shape index (κ1) is 14.8. The molecule has 1 saturated carbocycles. The summed E-state index contributed by atoms with van der Waals surface area (Å²) in [5.74, 6) is 0.0213. The van der Waals surface area contributed by atoms with Crippen molar-refractivity contribution in [3.63, 3.8) is 0 Å². The van der Waals surface area contributed by atoms with Crippen LogP contribution < -0.4 is 10.6 Å². The number of amides is 1. The van der Waals surface area contributed by atoms with Crippen LogP contribution in [0.4, 0.5) is 5.69 Å². The van der Waals surface area contributed by atoms with Crippen molar-refractivity contribution in [2.24, 2.45) is 0 Å². The Balaban J connectivity index is 1.55. The molecule has 3 rings (SSSR count). The molecule has 0 bridgehead atoms. The van der Waals surface area contributed by atoms with E-state index in [0.29, 0.717) is 29.3 Å². The van der Waals surface area contributed by atoms with Crippen LogP contribution in [0.25, 0.3) is 0 Å². The monoisotopic (exact) mass is 307 g/mol. The van der Waals surface area contributed by atoms with E-state index in [1.54, 1.807) is 6.07 Å². The Bertz CT molecular complexity index is 498. The molecule has 1 aromatic carbocycles. The van der Waals surface area contributed by atoms with Gasteiger partial charge in [-0.05, 0) is 44.4 Å². The zero-order valence-corrected chi connectivity index (χ0v) is 12.9. The van der Waals surface area contributed by atoms with Crippen LogP contribution in [0.2, 0.25) is 5.02 Å². The normalized spacial score (nSPS) is 21.7. The summed E-state index contributed by atoms with van der Waals surface area (Å²) in [6.45, 7) is 2.53. The summed E-state index contributed by atoms with van der Waals surface area (Å²) in [6, 6.07) is 8.49. The van der Waals surface area contributed by atoms with Gasteiger partial charge in [0, 0.05) is 18.6 Å². The smallest absolute Gasteiger partial charge is 0.238 e. The summed E-state index contributed by atoms with van der Waals surface area (Å²) in [5.41, 5.74) is 0.693. The van der Waals surface area contributed by atoms with E-state index in [9.17, 15) is 4.79 Å². The Morgan fingerprint density at radius 1 is 1.33 bits per heavy atom. The zero-order chi connectivity index (χ0) is 14.7. The Morgan fingerprint density at radius 3 is 2.81 bits per heavy atom. The summed E-state index contributed by atoms with van der Waals surface area (Å²) in [5, 5.41) is 7.01. The van der Waals surface area contributed by atoms with Crippen molar-refractivity contribution in [2.45, 2.75) is 37.8 Å². The summed E-state index contributed by atoms with van der Waals surface area (Å²) >= 11 is 6.08. The summed E-state index contributed by atoms with van der Waals surface area (Å²) < 4.78 is 0. The number of anilines is 1. The van der Waals surface area contributed by atoms with Crippen LogP contribution in [0, 0.1) is 0 Å². The van der Waals surface area contributed by atoms with E-state index in [0.717, 1.165) is 13.1 Å². The predicted octanol–water partition coefficient (Wildman–Crippen LogP) is 2.49. The Labute approximate surface area is 130 Å². The van der Waals surface area contributed by atoms with Crippen molar-refractivity contribution in [1.82, 2.24) is 10.2 Å². The molecule has 0 spiro atoms. The zero-order valence-electron chi connectivity index (χ0n) is 12.1. The Hall–Kier alpha value is -1.10. The van der Waals surface area contributed by atoms with Crippen LogP contribution in [-0.2, 0) is 4.79 Å². The van der Waals surface area contributed by atoms with Gasteiger partial charge in [-0.2, -0.15) is 0 Å². The van der Waals surface area contributed by atoms with Gasteiger partial charge in [-0.1, -0.05) is 23.7 Å². The van der Waals surface area contributed by atoms with Crippen LogP contribution in [0.1, 0.15) is 25.7 Å². The van der Waals surface area contributed by atoms with Gasteiger partial charge in [-0.25, -0.2) is 0 Å². The quantitative estimate of drug-likeness (QED) is 0.849. The first-order valence-electron chi connectivity index (χ1n) is 7.74. The molecule has 2 aliphatic rings. The lowest BCUT2D eigenvalue weighted by atomic mass is 10.2. The number of hydrogen-bond donors (Lipinski definition) is 2. The molecule has 2 N–H and O–H groups in total. The fourth-order valence-corrected chi connectivity index (χ4v) is 3.10. The highest BCUT2D eigenvalue weighted by atomic mass is 35.5. The van der Waals surface area contributed by atoms with E-state index >= 15 is 0 Å². The molecule has 0 aromatic heterocycles. The second-order valence-corrected chi connectivity index (χ2v) is 6.39. The van der Waals surface area contributed by atoms with E-state index in [4.69, 9.17) is 11.6 Å². The van der Waals surface area contributed by atoms with Gasteiger partial charge >= 0.3 is 0 Å². The van der Waals surface area contributed by atoms with Gasteiger partial charge in [0.05, 0.1) is 17.3 Å². The molecule has 21 heavy (non-hydrogen) atoms. The maximum absolute atomic E-state index is 12.2. The van der Waals surface area contributed by atoms with E-state index in [1.807, 2.05) is 18.2 Å². The molecule has 1 saturated heterocycles. The fourth-order valence-electron chi connectivity index (χ4n) is 2.91. The van der Waals surface area contributed by atoms with Crippen molar-refractivity contribution in [1.29, 1.82) is 0 Å². The number of nitrogens with one attached hydrogen (secondary N) is 2. The summed E-state index contributed by atoms with van der Waals surface area (Å²) in [4.78, 5) is 14.6. The van der Waals surface area contributed by atoms with Crippen molar-refractivity contribution in [3.05, 3.63) is 29.3 Å². The van der Waals surface area contributed by atoms with Crippen LogP contribution >= 0.6 is 11.6 Å². The topological polar surface area (TPSA) is 44.4 Å². The molecule has 2 fully saturated rings. The van der Waals surface area contributed by atoms with Crippen LogP contribution in [0.3, 0.4) is 0 Å². The first-order chi connectivity index (χ1) is 10.2. The lowest BCUT2D eigenvalue weighted by Gasteiger charge is -2.25. The van der Waals surface area contributed by atoms with Gasteiger partial charge < -0.3 is 10.6 Å². The second-order valence-electron chi connectivity index (χ2n) is 5.98. The summed E-state index contributed by atoms with van der Waals surface area (Å²) in [6.07, 6.45) is 4.89. The first-order valence-corrected chi connectivity index (χ1v) is 8.12. The molecule has 5 heteroatoms. The van der Waals surface area contributed by atoms with Crippen LogP contribution in [-0.4, -0.2) is 42.5 Å². The number of carbonyl (C=O) groups excluding carboxylic acids is 1. The minimum absolute atomic E-state index is 0.0213. The Kier molecular flexibility index (Phi) is 4.78. The fraction of sp³-hybridized carbons (Fsp3) is 0.562. The Morgan fingerprint density at radius 2 is 2.14 bits per heavy atom. The van der Waals surface area contributed by atoms with Gasteiger partial charge in [0.25, 0.3) is 0 Å². The predicted molar refractivity (Wildman–Crippen MR) is 85.7 cm³/mol. The summed E-state index contributed by atoms with van der Waals surface area (Å²) in [7, 11) is 0. The molecule has 1 aliphatic carbocycles. The molecular formula is C16H22ClN3O. The van der Waals surface area contributed by atoms with E-state index < -0.39 is 0 Å². The van der Waals surface area contributed by atoms with E-state index in [1.165, 1.54) is 25.7 Å². The number of carbonyl (C=O) groups is 1. The number of benzene rings is 1. The molecule has 1 atom stereocenters. The standard InChI is InChI=1S/C16H22ClN3O/c17-14-5-1-2-6-15(14)19-16(21)11-20(13-7-8-13)10-12-4-3-9-18-12/h1-2,5-6,12-13,18H,3-4,7-11H2,(H,19,21). The minimum Gasteiger partial charge on any atom is -0.324 e. The molecule has 4 nitrogen and oxygen atoms in total. The number of para-hydroxylation sites is 1. The van der Waals surface area contributed by atoms with Crippen LogP contribution in [0.15, 0.2) is 24.3 Å². The van der Waals surface area contributed by atoms with Crippen molar-refractivity contribution in [2.75, 3.05) is 25.0 Å². The highest BCUT2D eigenvalue weighted by molar-refractivity contribution is 6.33. The highest BCUT2D eigenvalue weighted by Crippen LogP contribution is 2.28. The van der Waals surface area contributed by atoms with Crippen molar-refractivity contribution < 1.29 is 4.79 Å². The third-order valence-corrected chi connectivity index (χ3v) is 4.50. The van der Waals surface area contributed by atoms with Gasteiger partial charge in [0.2, 0.25) is 5.91 Å². The van der Waals surface area contributed by atoms with Gasteiger partial charge in [0.1, 0.15) is 0 Å². The number of hydrogen-bond acceptors (Lipinski definition) is 3. The third kappa shape index (κ3) is 4.19. The molecule has 1 heterocycles. The van der Waals surface area contributed by atoms with Crippen LogP contribution in [0.5, 0.6) is 0 Å². The van der Waals surface area contributed by atoms with Crippen molar-refractivity contribution in [3.8, 4) is 0 Å². The molecule has 0 radical (unpaired) electrons. The largest absolute Gasteiger partial charge is 0.324 e. The molecule has 1 aromatic rings. The molecule has 1 unspecified atom stereocenters. The molecule has 114 valence electrons.